The van der Waals surface area contributed by atoms with Crippen molar-refractivity contribution in [2.75, 3.05) is 0 Å². The van der Waals surface area contributed by atoms with Gasteiger partial charge in [0.05, 0.1) is 6.54 Å². The van der Waals surface area contributed by atoms with Crippen molar-refractivity contribution in [3.8, 4) is 0 Å². The third-order valence-corrected chi connectivity index (χ3v) is 2.26. The van der Waals surface area contributed by atoms with Crippen LogP contribution in [-0.4, -0.2) is 14.8 Å². The minimum absolute atomic E-state index is 0.220. The number of rotatable bonds is 2. The average molecular weight is 303 g/mol. The van der Waals surface area contributed by atoms with E-state index < -0.39 is 0 Å². The lowest BCUT2D eigenvalue weighted by molar-refractivity contribution is 0.624. The number of halogens is 2. The monoisotopic (exact) mass is 303 g/mol. The van der Waals surface area contributed by atoms with E-state index in [2.05, 4.69) is 10.1 Å². The summed E-state index contributed by atoms with van der Waals surface area (Å²) in [5.74, 6) is -0.220. The van der Waals surface area contributed by atoms with Gasteiger partial charge in [-0.1, -0.05) is 12.1 Å². The maximum absolute atomic E-state index is 12.6. The van der Waals surface area contributed by atoms with E-state index in [9.17, 15) is 4.39 Å². The summed E-state index contributed by atoms with van der Waals surface area (Å²) in [6, 6.07) is 6.36. The molecule has 0 saturated heterocycles. The second-order valence-corrected chi connectivity index (χ2v) is 3.80. The van der Waals surface area contributed by atoms with Gasteiger partial charge in [0.2, 0.25) is 3.83 Å². The van der Waals surface area contributed by atoms with Crippen LogP contribution >= 0.6 is 22.6 Å². The van der Waals surface area contributed by atoms with E-state index >= 15 is 0 Å². The highest BCUT2D eigenvalue weighted by Gasteiger charge is 1.98. The van der Waals surface area contributed by atoms with Crippen molar-refractivity contribution in [2.45, 2.75) is 6.54 Å². The molecule has 0 saturated carbocycles. The van der Waals surface area contributed by atoms with Crippen molar-refractivity contribution >= 4 is 22.6 Å². The predicted molar refractivity (Wildman–Crippen MR) is 58.2 cm³/mol. The second-order valence-electron chi connectivity index (χ2n) is 2.84. The van der Waals surface area contributed by atoms with Crippen molar-refractivity contribution in [2.24, 2.45) is 0 Å². The van der Waals surface area contributed by atoms with Crippen LogP contribution in [0.1, 0.15) is 5.56 Å². The fourth-order valence-electron chi connectivity index (χ4n) is 1.12. The van der Waals surface area contributed by atoms with E-state index in [1.807, 2.05) is 22.6 Å². The molecule has 0 aliphatic rings. The van der Waals surface area contributed by atoms with Crippen molar-refractivity contribution in [3.63, 3.8) is 0 Å². The van der Waals surface area contributed by atoms with Crippen LogP contribution in [0.15, 0.2) is 30.6 Å². The van der Waals surface area contributed by atoms with E-state index in [1.165, 1.54) is 12.1 Å². The molecule has 0 atom stereocenters. The molecule has 0 radical (unpaired) electrons. The zero-order valence-electron chi connectivity index (χ0n) is 7.19. The molecule has 0 N–H and O–H groups in total. The summed E-state index contributed by atoms with van der Waals surface area (Å²) >= 11 is 2.05. The maximum atomic E-state index is 12.6. The first-order chi connectivity index (χ1) is 6.74. The van der Waals surface area contributed by atoms with Crippen molar-refractivity contribution in [1.82, 2.24) is 14.8 Å². The van der Waals surface area contributed by atoms with Crippen molar-refractivity contribution in [1.29, 1.82) is 0 Å². The summed E-state index contributed by atoms with van der Waals surface area (Å²) in [4.78, 5) is 3.99. The SMILES string of the molecule is Fc1ccc(Cn2cnc(I)n2)cc1. The minimum Gasteiger partial charge on any atom is -0.247 e. The van der Waals surface area contributed by atoms with Gasteiger partial charge in [-0.2, -0.15) is 0 Å². The van der Waals surface area contributed by atoms with Gasteiger partial charge in [0.15, 0.2) is 0 Å². The highest BCUT2D eigenvalue weighted by Crippen LogP contribution is 2.04. The third-order valence-electron chi connectivity index (χ3n) is 1.77. The molecule has 0 fully saturated rings. The Bertz CT molecular complexity index is 424. The quantitative estimate of drug-likeness (QED) is 0.795. The van der Waals surface area contributed by atoms with Crippen LogP contribution in [0.5, 0.6) is 0 Å². The highest BCUT2D eigenvalue weighted by molar-refractivity contribution is 14.1. The van der Waals surface area contributed by atoms with Gasteiger partial charge >= 0.3 is 0 Å². The molecule has 1 aromatic carbocycles. The van der Waals surface area contributed by atoms with Crippen LogP contribution in [0.4, 0.5) is 4.39 Å². The second kappa shape index (κ2) is 4.04. The van der Waals surface area contributed by atoms with Gasteiger partial charge in [0, 0.05) is 22.6 Å². The van der Waals surface area contributed by atoms with Gasteiger partial charge in [0.25, 0.3) is 0 Å². The smallest absolute Gasteiger partial charge is 0.211 e. The van der Waals surface area contributed by atoms with Gasteiger partial charge in [-0.3, -0.25) is 0 Å². The van der Waals surface area contributed by atoms with Gasteiger partial charge < -0.3 is 0 Å². The van der Waals surface area contributed by atoms with E-state index in [-0.39, 0.29) is 5.82 Å². The number of aromatic nitrogens is 3. The molecule has 1 aromatic heterocycles. The Kier molecular flexibility index (Phi) is 2.76. The molecule has 3 nitrogen and oxygen atoms in total. The van der Waals surface area contributed by atoms with Crippen LogP contribution in [0.2, 0.25) is 0 Å². The average Bonchev–Trinajstić information content (AvgIpc) is 2.56. The molecular formula is C9H7FIN3. The molecule has 0 spiro atoms. The Labute approximate surface area is 94.1 Å². The summed E-state index contributed by atoms with van der Waals surface area (Å²) in [6.45, 7) is 0.621. The van der Waals surface area contributed by atoms with E-state index in [1.54, 1.807) is 23.1 Å². The summed E-state index contributed by atoms with van der Waals surface area (Å²) in [5, 5.41) is 4.13. The maximum Gasteiger partial charge on any atom is 0.211 e. The molecule has 2 rings (SSSR count). The van der Waals surface area contributed by atoms with Gasteiger partial charge in [0.1, 0.15) is 12.1 Å². The van der Waals surface area contributed by atoms with Crippen LogP contribution in [0, 0.1) is 9.65 Å². The summed E-state index contributed by atoms with van der Waals surface area (Å²) in [6.07, 6.45) is 1.66. The van der Waals surface area contributed by atoms with Crippen molar-refractivity contribution in [3.05, 3.63) is 45.8 Å². The van der Waals surface area contributed by atoms with Crippen LogP contribution in [-0.2, 0) is 6.54 Å². The molecule has 2 aromatic rings. The van der Waals surface area contributed by atoms with Gasteiger partial charge in [-0.05, 0) is 17.7 Å². The van der Waals surface area contributed by atoms with Crippen LogP contribution in [0.25, 0.3) is 0 Å². The molecule has 0 aliphatic carbocycles. The van der Waals surface area contributed by atoms with Crippen LogP contribution in [0.3, 0.4) is 0 Å². The Morgan fingerprint density at radius 3 is 2.57 bits per heavy atom. The third kappa shape index (κ3) is 2.28. The fraction of sp³-hybridized carbons (Fsp3) is 0.111. The molecule has 0 bridgehead atoms. The molecule has 0 aliphatic heterocycles. The molecule has 14 heavy (non-hydrogen) atoms. The van der Waals surface area contributed by atoms with E-state index in [4.69, 9.17) is 0 Å². The fourth-order valence-corrected chi connectivity index (χ4v) is 1.53. The molecule has 5 heteroatoms. The van der Waals surface area contributed by atoms with E-state index in [0.29, 0.717) is 10.4 Å². The Morgan fingerprint density at radius 2 is 2.00 bits per heavy atom. The lowest BCUT2D eigenvalue weighted by atomic mass is 10.2. The van der Waals surface area contributed by atoms with Crippen LogP contribution < -0.4 is 0 Å². The first-order valence-electron chi connectivity index (χ1n) is 4.03. The molecule has 0 unspecified atom stereocenters. The lowest BCUT2D eigenvalue weighted by Gasteiger charge is -1.99. The summed E-state index contributed by atoms with van der Waals surface area (Å²) in [7, 11) is 0. The lowest BCUT2D eigenvalue weighted by Crippen LogP contribution is -2.00. The zero-order valence-corrected chi connectivity index (χ0v) is 9.35. The topological polar surface area (TPSA) is 30.7 Å². The molecular weight excluding hydrogens is 296 g/mol. The number of benzene rings is 1. The number of nitrogens with zero attached hydrogens (tertiary/aromatic N) is 3. The van der Waals surface area contributed by atoms with Gasteiger partial charge in [-0.25, -0.2) is 14.1 Å². The highest BCUT2D eigenvalue weighted by atomic mass is 127. The standard InChI is InChI=1S/C9H7FIN3/c10-8-3-1-7(2-4-8)5-14-6-12-9(11)13-14/h1-4,6H,5H2. The Morgan fingerprint density at radius 1 is 1.29 bits per heavy atom. The first kappa shape index (κ1) is 9.57. The van der Waals surface area contributed by atoms with Gasteiger partial charge in [-0.15, -0.1) is 5.10 Å². The molecule has 1 heterocycles. The largest absolute Gasteiger partial charge is 0.247 e. The minimum atomic E-state index is -0.220. The zero-order chi connectivity index (χ0) is 9.97. The Hall–Kier alpha value is -0.980. The Balaban J connectivity index is 2.15. The molecule has 0 amide bonds. The number of hydrogen-bond donors (Lipinski definition) is 0. The molecule has 72 valence electrons. The summed E-state index contributed by atoms with van der Waals surface area (Å²) in [5.41, 5.74) is 1.01. The van der Waals surface area contributed by atoms with E-state index in [0.717, 1.165) is 5.56 Å². The predicted octanol–water partition coefficient (Wildman–Crippen LogP) is 2.07. The first-order valence-corrected chi connectivity index (χ1v) is 5.11. The van der Waals surface area contributed by atoms with Crippen molar-refractivity contribution < 1.29 is 4.39 Å². The summed E-state index contributed by atoms with van der Waals surface area (Å²) < 4.78 is 15.0. The normalized spacial score (nSPS) is 10.4. The number of hydrogen-bond acceptors (Lipinski definition) is 2.